The summed E-state index contributed by atoms with van der Waals surface area (Å²) in [4.78, 5) is 76.3. The molecule has 3 saturated heterocycles. The summed E-state index contributed by atoms with van der Waals surface area (Å²) < 4.78 is 2.09. The van der Waals surface area contributed by atoms with Gasteiger partial charge in [-0.25, -0.2) is 4.98 Å². The minimum absolute atomic E-state index is 0.00946. The second-order valence-electron chi connectivity index (χ2n) is 22.6. The number of hydrogen-bond donors (Lipinski definition) is 3. The Balaban J connectivity index is 0.710. The van der Waals surface area contributed by atoms with Gasteiger partial charge in [0.25, 0.3) is 0 Å². The molecule has 1 saturated carbocycles. The van der Waals surface area contributed by atoms with Crippen molar-refractivity contribution in [2.45, 2.75) is 130 Å². The third-order valence-electron chi connectivity index (χ3n) is 16.2. The fourth-order valence-corrected chi connectivity index (χ4v) is 14.0. The molecule has 0 radical (unpaired) electrons. The van der Waals surface area contributed by atoms with Crippen molar-refractivity contribution in [3.63, 3.8) is 0 Å². The van der Waals surface area contributed by atoms with Crippen molar-refractivity contribution in [1.82, 2.24) is 50.0 Å². The van der Waals surface area contributed by atoms with Gasteiger partial charge in [0.2, 0.25) is 23.6 Å². The number of aliphatic imine (C=N–C) groups is 1. The first-order valence-electron chi connectivity index (χ1n) is 25.9. The van der Waals surface area contributed by atoms with Crippen LogP contribution in [0.4, 0.5) is 0 Å². The molecule has 10 rings (SSSR count). The number of thiophene rings is 1. The highest BCUT2D eigenvalue weighted by Crippen LogP contribution is 2.51. The average molecular weight is 1060 g/mol. The SMILES string of the molecule is Cc1ncsc1-c1ccc(C(C)NC(=O)[C@@H]2C[C@@H](O)CN2C(=O)[C@@H](NC(=O)CN2CCN(C3CC4(C3)CN(C(=O)C[C@@H]3N=C(c5ccc(Cl)cc5)c5c(sc(C)c5C)-n5c(C)nnc53)C4)C[C@@H]2C)C(C)(C)C)cc1. The molecule has 2 aromatic carbocycles. The molecule has 16 nitrogen and oxygen atoms in total. The van der Waals surface area contributed by atoms with Crippen molar-refractivity contribution in [2.75, 3.05) is 45.8 Å². The molecule has 0 bridgehead atoms. The fourth-order valence-electron chi connectivity index (χ4n) is 11.8. The lowest BCUT2D eigenvalue weighted by Gasteiger charge is -2.62. The summed E-state index contributed by atoms with van der Waals surface area (Å²) in [6.07, 6.45) is 1.50. The molecule has 19 heteroatoms. The van der Waals surface area contributed by atoms with Gasteiger partial charge in [-0.2, -0.15) is 0 Å². The number of halogens is 1. The fraction of sp³-hybridized carbons (Fsp3) is 0.527. The third-order valence-corrected chi connectivity index (χ3v) is 18.6. The first-order chi connectivity index (χ1) is 35.2. The van der Waals surface area contributed by atoms with Gasteiger partial charge in [-0.15, -0.1) is 32.9 Å². The van der Waals surface area contributed by atoms with Gasteiger partial charge in [-0.1, -0.05) is 68.8 Å². The quantitative estimate of drug-likeness (QED) is 0.118. The van der Waals surface area contributed by atoms with Crippen LogP contribution in [0.2, 0.25) is 5.02 Å². The van der Waals surface area contributed by atoms with E-state index in [4.69, 9.17) is 16.6 Å². The van der Waals surface area contributed by atoms with Gasteiger partial charge >= 0.3 is 0 Å². The van der Waals surface area contributed by atoms with Crippen molar-refractivity contribution in [3.8, 4) is 15.4 Å². The number of thiazole rings is 1. The van der Waals surface area contributed by atoms with E-state index in [1.807, 2.05) is 100 Å². The zero-order valence-corrected chi connectivity index (χ0v) is 46.2. The Labute approximate surface area is 446 Å². The maximum atomic E-state index is 14.4. The molecule has 6 atom stereocenters. The first-order valence-corrected chi connectivity index (χ1v) is 28.0. The summed E-state index contributed by atoms with van der Waals surface area (Å²) in [7, 11) is 0. The summed E-state index contributed by atoms with van der Waals surface area (Å²) in [6.45, 7) is 21.9. The number of amides is 4. The second-order valence-corrected chi connectivity index (χ2v) is 25.1. The molecule has 1 aliphatic carbocycles. The van der Waals surface area contributed by atoms with Crippen LogP contribution in [0.25, 0.3) is 15.4 Å². The number of likely N-dealkylation sites (tertiary alicyclic amines) is 2. The molecule has 392 valence electrons. The molecule has 5 aromatic rings. The summed E-state index contributed by atoms with van der Waals surface area (Å²) >= 11 is 9.59. The van der Waals surface area contributed by atoms with E-state index in [0.717, 1.165) is 93.9 Å². The number of aliphatic hydroxyl groups excluding tert-OH is 1. The van der Waals surface area contributed by atoms with Crippen molar-refractivity contribution in [2.24, 2.45) is 15.8 Å². The van der Waals surface area contributed by atoms with E-state index in [9.17, 15) is 24.3 Å². The monoisotopic (exact) mass is 1060 g/mol. The van der Waals surface area contributed by atoms with Gasteiger partial charge in [0.05, 0.1) is 46.9 Å². The number of nitrogens with zero attached hydrogens (tertiary/aromatic N) is 9. The lowest BCUT2D eigenvalue weighted by molar-refractivity contribution is -0.159. The van der Waals surface area contributed by atoms with Crippen molar-refractivity contribution >= 4 is 63.6 Å². The standard InChI is InChI=1S/C55H68ClN11O5S2/c1-30-24-64(40-22-55(23-40)27-65(28-55)45(70)21-42-50-62-61-35(6)67(50)53-46(31(2)34(5)74-53)47(59-42)37-14-16-39(56)17-15-37)19-18-63(30)26-44(69)60-49(54(7,8)9)52(72)66-25-41(68)20-43(66)51(71)58-32(3)36-10-12-38(13-11-36)48-33(4)57-29-73-48/h10-17,29-30,32,40-43,49,68H,18-28H2,1-9H3,(H,58,71)(H,60,69)/t30-,32?,41+,42-,43-,49+/m0/s1. The maximum absolute atomic E-state index is 14.4. The second kappa shape index (κ2) is 20.3. The van der Waals surface area contributed by atoms with Crippen molar-refractivity contribution in [1.29, 1.82) is 0 Å². The van der Waals surface area contributed by atoms with Gasteiger partial charge in [0, 0.05) is 84.2 Å². The Morgan fingerprint density at radius 2 is 1.64 bits per heavy atom. The molecule has 4 fully saturated rings. The van der Waals surface area contributed by atoms with Gasteiger partial charge in [-0.05, 0) is 88.6 Å². The van der Waals surface area contributed by atoms with E-state index < -0.39 is 29.6 Å². The van der Waals surface area contributed by atoms with Gasteiger partial charge in [-0.3, -0.25) is 38.5 Å². The normalized spacial score (nSPS) is 22.8. The molecule has 7 heterocycles. The van der Waals surface area contributed by atoms with Crippen LogP contribution in [0, 0.1) is 38.5 Å². The summed E-state index contributed by atoms with van der Waals surface area (Å²) in [5, 5.41) is 27.7. The Hall–Kier alpha value is -5.37. The highest BCUT2D eigenvalue weighted by atomic mass is 35.5. The number of carbonyl (C=O) groups excluding carboxylic acids is 4. The zero-order chi connectivity index (χ0) is 52.5. The van der Waals surface area contributed by atoms with E-state index in [2.05, 4.69) is 61.0 Å². The largest absolute Gasteiger partial charge is 0.391 e. The van der Waals surface area contributed by atoms with Crippen LogP contribution < -0.4 is 10.6 Å². The Bertz CT molecular complexity index is 2980. The molecule has 5 aliphatic rings. The van der Waals surface area contributed by atoms with Gasteiger partial charge in [0.1, 0.15) is 29.0 Å². The van der Waals surface area contributed by atoms with Crippen molar-refractivity contribution in [3.05, 3.63) is 104 Å². The molecule has 1 spiro atoms. The Morgan fingerprint density at radius 3 is 2.30 bits per heavy atom. The lowest BCUT2D eigenvalue weighted by atomic mass is 9.60. The third kappa shape index (κ3) is 10.1. The van der Waals surface area contributed by atoms with Crippen LogP contribution in [0.5, 0.6) is 0 Å². The highest BCUT2D eigenvalue weighted by molar-refractivity contribution is 7.15. The van der Waals surface area contributed by atoms with Crippen LogP contribution >= 0.6 is 34.3 Å². The molecule has 3 N–H and O–H groups in total. The van der Waals surface area contributed by atoms with Crippen LogP contribution in [-0.2, 0) is 19.2 Å². The topological polar surface area (TPSA) is 181 Å². The van der Waals surface area contributed by atoms with E-state index >= 15 is 0 Å². The molecular formula is C55H68ClN11O5S2. The molecule has 4 aliphatic heterocycles. The number of aliphatic hydroxyl groups is 1. The predicted molar refractivity (Wildman–Crippen MR) is 289 cm³/mol. The van der Waals surface area contributed by atoms with Gasteiger partial charge in [0.15, 0.2) is 5.82 Å². The van der Waals surface area contributed by atoms with E-state index in [1.165, 1.54) is 9.78 Å². The molecule has 1 unspecified atom stereocenters. The number of hydrogen-bond acceptors (Lipinski definition) is 13. The zero-order valence-electron chi connectivity index (χ0n) is 43.8. The molecule has 74 heavy (non-hydrogen) atoms. The Morgan fingerprint density at radius 1 is 0.932 bits per heavy atom. The number of fused-ring (bicyclic) bond motifs is 3. The maximum Gasteiger partial charge on any atom is 0.246 e. The number of carbonyl (C=O) groups is 4. The number of piperazine rings is 1. The summed E-state index contributed by atoms with van der Waals surface area (Å²) in [5.74, 6) is 0.540. The van der Waals surface area contributed by atoms with Crippen molar-refractivity contribution < 1.29 is 24.3 Å². The van der Waals surface area contributed by atoms with E-state index in [-0.39, 0.29) is 67.1 Å². The molecule has 3 aromatic heterocycles. The number of β-amino-alcohol motifs (C(OH)–C–C–N with tert-alkyl or cyclic N) is 1. The minimum atomic E-state index is -0.911. The number of aromatic nitrogens is 4. The number of benzene rings is 2. The number of aryl methyl sites for hydroxylation is 3. The van der Waals surface area contributed by atoms with E-state index in [1.54, 1.807) is 22.7 Å². The number of rotatable bonds is 12. The first kappa shape index (κ1) is 52.1. The lowest BCUT2D eigenvalue weighted by Crippen LogP contribution is -2.69. The predicted octanol–water partition coefficient (Wildman–Crippen LogP) is 6.99. The summed E-state index contributed by atoms with van der Waals surface area (Å²) in [5.41, 5.74) is 8.19. The molecule has 4 amide bonds. The minimum Gasteiger partial charge on any atom is -0.391 e. The van der Waals surface area contributed by atoms with Gasteiger partial charge < -0.3 is 25.5 Å². The smallest absolute Gasteiger partial charge is 0.246 e. The highest BCUT2D eigenvalue weighted by Gasteiger charge is 2.55. The van der Waals surface area contributed by atoms with Crippen LogP contribution in [0.1, 0.15) is 117 Å². The number of nitrogens with one attached hydrogen (secondary N) is 2. The average Bonchev–Trinajstić information content (AvgIpc) is 4.10. The summed E-state index contributed by atoms with van der Waals surface area (Å²) in [6, 6.07) is 13.6. The molecular weight excluding hydrogens is 994 g/mol. The Kier molecular flexibility index (Phi) is 14.3. The van der Waals surface area contributed by atoms with Crippen LogP contribution in [0.3, 0.4) is 0 Å². The van der Waals surface area contributed by atoms with Crippen LogP contribution in [0.15, 0.2) is 59.0 Å². The van der Waals surface area contributed by atoms with Crippen LogP contribution in [-0.4, -0.2) is 150 Å². The van der Waals surface area contributed by atoms with E-state index in [0.29, 0.717) is 23.4 Å².